The Balaban J connectivity index is 3.06. The van der Waals surface area contributed by atoms with Gasteiger partial charge in [-0.05, 0) is 34.7 Å². The van der Waals surface area contributed by atoms with Crippen LogP contribution in [0.25, 0.3) is 0 Å². The summed E-state index contributed by atoms with van der Waals surface area (Å²) in [5.41, 5.74) is 0.154. The molecule has 1 amide bonds. The zero-order valence-electron chi connectivity index (χ0n) is 10.4. The van der Waals surface area contributed by atoms with Crippen LogP contribution in [0.15, 0.2) is 12.1 Å². The van der Waals surface area contributed by atoms with E-state index >= 15 is 0 Å². The summed E-state index contributed by atoms with van der Waals surface area (Å²) < 4.78 is 5.81. The zero-order chi connectivity index (χ0) is 15.3. The normalized spacial score (nSPS) is 11.3. The van der Waals surface area contributed by atoms with E-state index in [9.17, 15) is 9.59 Å². The number of nitrogens with one attached hydrogen (secondary N) is 1. The van der Waals surface area contributed by atoms with Crippen LogP contribution in [-0.2, 0) is 4.79 Å². The first-order chi connectivity index (χ1) is 9.40. The molecule has 0 aliphatic heterocycles. The van der Waals surface area contributed by atoms with Crippen molar-refractivity contribution in [3.63, 3.8) is 0 Å². The number of amides is 1. The summed E-state index contributed by atoms with van der Waals surface area (Å²) in [5.74, 6) is 0.697. The average molecular weight is 408 g/mol. The van der Waals surface area contributed by atoms with Gasteiger partial charge in [0.05, 0.1) is 17.7 Å². The van der Waals surface area contributed by atoms with E-state index in [1.807, 2.05) is 22.6 Å². The predicted octanol–water partition coefficient (Wildman–Crippen LogP) is 2.16. The van der Waals surface area contributed by atoms with E-state index in [0.29, 0.717) is 10.8 Å². The van der Waals surface area contributed by atoms with Gasteiger partial charge in [-0.1, -0.05) is 11.6 Å². The summed E-state index contributed by atoms with van der Waals surface area (Å²) >= 11 is 7.95. The molecule has 1 unspecified atom stereocenters. The first kappa shape index (κ1) is 16.6. The number of hydrogen-bond donors (Lipinski definition) is 2. The second-order valence-electron chi connectivity index (χ2n) is 3.74. The first-order valence-corrected chi connectivity index (χ1v) is 6.86. The summed E-state index contributed by atoms with van der Waals surface area (Å²) in [5, 5.41) is 11.7. The number of ether oxygens (including phenoxy) is 1. The van der Waals surface area contributed by atoms with Gasteiger partial charge in [-0.3, -0.25) is 4.79 Å². The van der Waals surface area contributed by atoms with E-state index in [1.165, 1.54) is 13.2 Å². The number of carboxylic acid groups (broad SMARTS) is 1. The molecule has 1 atom stereocenters. The molecular weight excluding hydrogens is 397 g/mol. The van der Waals surface area contributed by atoms with Gasteiger partial charge in [0, 0.05) is 9.99 Å². The lowest BCUT2D eigenvalue weighted by Gasteiger charge is -2.14. The summed E-state index contributed by atoms with van der Waals surface area (Å²) in [6, 6.07) is 1.86. The van der Waals surface area contributed by atoms with E-state index in [-0.39, 0.29) is 12.0 Å². The van der Waals surface area contributed by atoms with Crippen molar-refractivity contribution in [2.24, 2.45) is 0 Å². The third kappa shape index (κ3) is 4.02. The highest BCUT2D eigenvalue weighted by Crippen LogP contribution is 2.28. The maximum atomic E-state index is 12.1. The molecule has 0 aliphatic rings. The minimum absolute atomic E-state index is 0.110. The average Bonchev–Trinajstić information content (AvgIpc) is 2.40. The Hall–Kier alpha value is -1.46. The number of terminal acetylenes is 1. The molecule has 5 nitrogen and oxygen atoms in total. The third-order valence-corrected chi connectivity index (χ3v) is 3.94. The number of methoxy groups -OCH3 is 1. The molecule has 0 spiro atoms. The Labute approximate surface area is 134 Å². The molecule has 0 bridgehead atoms. The van der Waals surface area contributed by atoms with Gasteiger partial charge < -0.3 is 15.2 Å². The third-order valence-electron chi connectivity index (χ3n) is 2.41. The van der Waals surface area contributed by atoms with Gasteiger partial charge in [-0.25, -0.2) is 4.79 Å². The Morgan fingerprint density at radius 1 is 1.60 bits per heavy atom. The molecule has 0 saturated heterocycles. The van der Waals surface area contributed by atoms with Gasteiger partial charge in [0.1, 0.15) is 11.8 Å². The largest absolute Gasteiger partial charge is 0.496 e. The monoisotopic (exact) mass is 407 g/mol. The molecule has 20 heavy (non-hydrogen) atoms. The molecule has 0 heterocycles. The van der Waals surface area contributed by atoms with Gasteiger partial charge in [-0.2, -0.15) is 0 Å². The topological polar surface area (TPSA) is 75.6 Å². The fraction of sp³-hybridized carbons (Fsp3) is 0.231. The predicted molar refractivity (Wildman–Crippen MR) is 83.1 cm³/mol. The maximum absolute atomic E-state index is 12.1. The lowest BCUT2D eigenvalue weighted by atomic mass is 10.1. The number of rotatable bonds is 5. The molecule has 0 radical (unpaired) electrons. The highest BCUT2D eigenvalue weighted by atomic mass is 127. The first-order valence-electron chi connectivity index (χ1n) is 5.40. The summed E-state index contributed by atoms with van der Waals surface area (Å²) in [6.07, 6.45) is 4.96. The molecular formula is C13H11ClINO4. The van der Waals surface area contributed by atoms with Crippen molar-refractivity contribution in [3.8, 4) is 18.1 Å². The molecule has 106 valence electrons. The number of carboxylic acids is 1. The summed E-state index contributed by atoms with van der Waals surface area (Å²) in [6.45, 7) is 0. The number of halogens is 2. The molecule has 0 fully saturated rings. The SMILES string of the molecule is C#CCC(NC(=O)c1cc(Cl)c(I)cc1OC)C(=O)O. The summed E-state index contributed by atoms with van der Waals surface area (Å²) in [7, 11) is 1.41. The molecule has 0 aromatic heterocycles. The molecule has 7 heteroatoms. The van der Waals surface area contributed by atoms with Crippen molar-refractivity contribution in [3.05, 3.63) is 26.3 Å². The van der Waals surface area contributed by atoms with E-state index in [1.54, 1.807) is 6.07 Å². The van der Waals surface area contributed by atoms with Gasteiger partial charge in [0.25, 0.3) is 5.91 Å². The van der Waals surface area contributed by atoms with Crippen LogP contribution in [-0.4, -0.2) is 30.1 Å². The van der Waals surface area contributed by atoms with E-state index in [0.717, 1.165) is 3.57 Å². The number of carbonyl (C=O) groups is 2. The second-order valence-corrected chi connectivity index (χ2v) is 5.31. The Morgan fingerprint density at radius 3 is 2.75 bits per heavy atom. The van der Waals surface area contributed by atoms with Gasteiger partial charge in [-0.15, -0.1) is 12.3 Å². The standard InChI is InChI=1S/C13H11ClINO4/c1-3-4-10(13(18)19)16-12(17)7-5-8(14)9(15)6-11(7)20-2/h1,5-6,10H,4H2,2H3,(H,16,17)(H,18,19). The quantitative estimate of drug-likeness (QED) is 0.579. The van der Waals surface area contributed by atoms with Crippen LogP contribution >= 0.6 is 34.2 Å². The summed E-state index contributed by atoms with van der Waals surface area (Å²) in [4.78, 5) is 23.1. The second kappa shape index (κ2) is 7.36. The van der Waals surface area contributed by atoms with Crippen molar-refractivity contribution >= 4 is 46.1 Å². The van der Waals surface area contributed by atoms with Crippen molar-refractivity contribution in [2.45, 2.75) is 12.5 Å². The fourth-order valence-electron chi connectivity index (χ4n) is 1.43. The lowest BCUT2D eigenvalue weighted by Crippen LogP contribution is -2.40. The smallest absolute Gasteiger partial charge is 0.327 e. The van der Waals surface area contributed by atoms with Crippen molar-refractivity contribution in [1.29, 1.82) is 0 Å². The van der Waals surface area contributed by atoms with Gasteiger partial charge >= 0.3 is 5.97 Å². The Morgan fingerprint density at radius 2 is 2.25 bits per heavy atom. The highest BCUT2D eigenvalue weighted by Gasteiger charge is 2.22. The minimum atomic E-state index is -1.20. The van der Waals surface area contributed by atoms with Crippen LogP contribution in [0.1, 0.15) is 16.8 Å². The van der Waals surface area contributed by atoms with Crippen LogP contribution in [0.4, 0.5) is 0 Å². The lowest BCUT2D eigenvalue weighted by molar-refractivity contribution is -0.139. The Bertz CT molecular complexity index is 582. The van der Waals surface area contributed by atoms with Gasteiger partial charge in [0.2, 0.25) is 0 Å². The van der Waals surface area contributed by atoms with Crippen LogP contribution in [0.5, 0.6) is 5.75 Å². The molecule has 2 N–H and O–H groups in total. The molecule has 1 aromatic carbocycles. The Kier molecular flexibility index (Phi) is 6.10. The highest BCUT2D eigenvalue weighted by molar-refractivity contribution is 14.1. The fourth-order valence-corrected chi connectivity index (χ4v) is 2.03. The van der Waals surface area contributed by atoms with Crippen LogP contribution < -0.4 is 10.1 Å². The number of hydrogen-bond acceptors (Lipinski definition) is 3. The molecule has 1 rings (SSSR count). The van der Waals surface area contributed by atoms with E-state index < -0.39 is 17.9 Å². The van der Waals surface area contributed by atoms with Gasteiger partial charge in [0.15, 0.2) is 0 Å². The molecule has 0 saturated carbocycles. The van der Waals surface area contributed by atoms with Crippen molar-refractivity contribution in [2.75, 3.05) is 7.11 Å². The van der Waals surface area contributed by atoms with Crippen LogP contribution in [0, 0.1) is 15.9 Å². The van der Waals surface area contributed by atoms with Crippen molar-refractivity contribution in [1.82, 2.24) is 5.32 Å². The van der Waals surface area contributed by atoms with E-state index in [2.05, 4.69) is 11.2 Å². The molecule has 1 aromatic rings. The molecule has 0 aliphatic carbocycles. The maximum Gasteiger partial charge on any atom is 0.327 e. The number of carbonyl (C=O) groups excluding carboxylic acids is 1. The van der Waals surface area contributed by atoms with Crippen LogP contribution in [0.3, 0.4) is 0 Å². The number of benzene rings is 1. The van der Waals surface area contributed by atoms with Crippen molar-refractivity contribution < 1.29 is 19.4 Å². The number of aliphatic carboxylic acids is 1. The van der Waals surface area contributed by atoms with Crippen LogP contribution in [0.2, 0.25) is 5.02 Å². The zero-order valence-corrected chi connectivity index (χ0v) is 13.4. The van der Waals surface area contributed by atoms with E-state index in [4.69, 9.17) is 27.9 Å². The minimum Gasteiger partial charge on any atom is -0.496 e.